The zero-order valence-corrected chi connectivity index (χ0v) is 21.2. The van der Waals surface area contributed by atoms with E-state index in [4.69, 9.17) is 9.98 Å². The van der Waals surface area contributed by atoms with Crippen LogP contribution >= 0.6 is 35.3 Å². The largest absolute Gasteiger partial charge is 0.357 e. The van der Waals surface area contributed by atoms with Crippen LogP contribution in [0.15, 0.2) is 65.0 Å². The number of nitrogens with one attached hydrogen (secondary N) is 2. The third-order valence-corrected chi connectivity index (χ3v) is 5.96. The van der Waals surface area contributed by atoms with E-state index in [2.05, 4.69) is 35.1 Å². The van der Waals surface area contributed by atoms with Crippen molar-refractivity contribution in [2.24, 2.45) is 4.99 Å². The molecule has 0 saturated carbocycles. The molecular weight excluding hydrogens is 533 g/mol. The average molecular weight is 561 g/mol. The van der Waals surface area contributed by atoms with E-state index in [1.807, 2.05) is 47.4 Å². The van der Waals surface area contributed by atoms with Gasteiger partial charge in [-0.2, -0.15) is 0 Å². The Kier molecular flexibility index (Phi) is 9.04. The van der Waals surface area contributed by atoms with Gasteiger partial charge in [0.25, 0.3) is 0 Å². The van der Waals surface area contributed by atoms with Crippen LogP contribution in [0, 0.1) is 0 Å². The van der Waals surface area contributed by atoms with Gasteiger partial charge < -0.3 is 15.5 Å². The minimum Gasteiger partial charge on any atom is -0.357 e. The summed E-state index contributed by atoms with van der Waals surface area (Å²) in [7, 11) is 0. The van der Waals surface area contributed by atoms with Gasteiger partial charge >= 0.3 is 0 Å². The summed E-state index contributed by atoms with van der Waals surface area (Å²) >= 11 is 1.64. The molecule has 1 aliphatic rings. The highest BCUT2D eigenvalue weighted by Gasteiger charge is 2.21. The highest BCUT2D eigenvalue weighted by atomic mass is 127. The Morgan fingerprint density at radius 3 is 2.59 bits per heavy atom. The summed E-state index contributed by atoms with van der Waals surface area (Å²) in [5.74, 6) is 0.972. The third-order valence-electron chi connectivity index (χ3n) is 5.11. The Morgan fingerprint density at radius 1 is 1.12 bits per heavy atom. The molecule has 1 aliphatic heterocycles. The maximum Gasteiger partial charge on any atom is 0.227 e. The molecule has 0 radical (unpaired) electrons. The van der Waals surface area contributed by atoms with Crippen molar-refractivity contribution < 1.29 is 4.79 Å². The fourth-order valence-electron chi connectivity index (χ4n) is 3.51. The molecule has 1 aromatic heterocycles. The van der Waals surface area contributed by atoms with E-state index in [1.54, 1.807) is 11.3 Å². The van der Waals surface area contributed by atoms with Gasteiger partial charge in [-0.1, -0.05) is 42.5 Å². The first-order chi connectivity index (χ1) is 15.2. The number of hydrogen-bond donors (Lipinski definition) is 2. The lowest BCUT2D eigenvalue weighted by Crippen LogP contribution is -2.36. The van der Waals surface area contributed by atoms with Crippen molar-refractivity contribution in [1.29, 1.82) is 0 Å². The number of hydrogen-bond acceptors (Lipinski definition) is 4. The predicted molar refractivity (Wildman–Crippen MR) is 143 cm³/mol. The SMILES string of the molecule is CCNC(=NCc1ccc(N2CCCC2=O)cc1)NCc1nc(-c2ccccc2)cs1.I. The van der Waals surface area contributed by atoms with Gasteiger partial charge in [0.1, 0.15) is 5.01 Å². The molecule has 0 unspecified atom stereocenters. The van der Waals surface area contributed by atoms with Crippen LogP contribution in [-0.2, 0) is 17.9 Å². The minimum atomic E-state index is 0. The Balaban J connectivity index is 0.00000289. The number of amides is 1. The lowest BCUT2D eigenvalue weighted by molar-refractivity contribution is -0.117. The van der Waals surface area contributed by atoms with Gasteiger partial charge in [0.2, 0.25) is 5.91 Å². The number of anilines is 1. The van der Waals surface area contributed by atoms with Crippen molar-refractivity contribution >= 4 is 52.9 Å². The summed E-state index contributed by atoms with van der Waals surface area (Å²) < 4.78 is 0. The summed E-state index contributed by atoms with van der Waals surface area (Å²) in [5, 5.41) is 9.76. The maximum atomic E-state index is 11.9. The monoisotopic (exact) mass is 561 g/mol. The quantitative estimate of drug-likeness (QED) is 0.247. The van der Waals surface area contributed by atoms with E-state index < -0.39 is 0 Å². The second-order valence-corrected chi connectivity index (χ2v) is 8.30. The molecule has 0 aliphatic carbocycles. The number of guanidine groups is 1. The first-order valence-electron chi connectivity index (χ1n) is 10.6. The fraction of sp³-hybridized carbons (Fsp3) is 0.292. The number of benzene rings is 2. The number of rotatable bonds is 7. The molecule has 2 N–H and O–H groups in total. The number of aliphatic imine (C=N–C) groups is 1. The average Bonchev–Trinajstić information content (AvgIpc) is 3.46. The molecule has 3 aromatic rings. The lowest BCUT2D eigenvalue weighted by Gasteiger charge is -2.15. The van der Waals surface area contributed by atoms with Crippen LogP contribution in [0.3, 0.4) is 0 Å². The molecule has 0 bridgehead atoms. The smallest absolute Gasteiger partial charge is 0.227 e. The van der Waals surface area contributed by atoms with Crippen LogP contribution in [0.4, 0.5) is 5.69 Å². The van der Waals surface area contributed by atoms with Crippen LogP contribution < -0.4 is 15.5 Å². The van der Waals surface area contributed by atoms with Gasteiger partial charge in [-0.05, 0) is 31.0 Å². The fourth-order valence-corrected chi connectivity index (χ4v) is 4.25. The predicted octanol–water partition coefficient (Wildman–Crippen LogP) is 4.81. The molecule has 32 heavy (non-hydrogen) atoms. The van der Waals surface area contributed by atoms with Gasteiger partial charge in [-0.3, -0.25) is 4.79 Å². The zero-order chi connectivity index (χ0) is 21.5. The molecule has 2 aromatic carbocycles. The molecule has 8 heteroatoms. The van der Waals surface area contributed by atoms with E-state index in [1.165, 1.54) is 0 Å². The van der Waals surface area contributed by atoms with Crippen LogP contribution in [0.2, 0.25) is 0 Å². The maximum absolute atomic E-state index is 11.9. The standard InChI is InChI=1S/C24H27N5OS.HI/c1-2-25-24(27-16-22-28-21(17-31-22)19-7-4-3-5-8-19)26-15-18-10-12-20(13-11-18)29-14-6-9-23(29)30;/h3-5,7-8,10-13,17H,2,6,9,14-16H2,1H3,(H2,25,26,27);1H. The van der Waals surface area contributed by atoms with Gasteiger partial charge in [0.15, 0.2) is 5.96 Å². The molecule has 1 amide bonds. The number of carbonyl (C=O) groups excluding carboxylic acids is 1. The zero-order valence-electron chi connectivity index (χ0n) is 18.1. The second-order valence-electron chi connectivity index (χ2n) is 7.36. The summed E-state index contributed by atoms with van der Waals surface area (Å²) in [6.45, 7) is 4.84. The molecule has 6 nitrogen and oxygen atoms in total. The Hall–Kier alpha value is -2.46. The molecular formula is C24H28IN5OS. The molecule has 2 heterocycles. The molecule has 0 spiro atoms. The highest BCUT2D eigenvalue weighted by Crippen LogP contribution is 2.22. The van der Waals surface area contributed by atoms with Crippen LogP contribution in [-0.4, -0.2) is 29.9 Å². The summed E-state index contributed by atoms with van der Waals surface area (Å²) in [6.07, 6.45) is 1.59. The van der Waals surface area contributed by atoms with Gasteiger partial charge in [-0.25, -0.2) is 9.98 Å². The lowest BCUT2D eigenvalue weighted by atomic mass is 10.2. The Morgan fingerprint density at radius 2 is 1.91 bits per heavy atom. The van der Waals surface area contributed by atoms with Crippen molar-refractivity contribution in [3.05, 3.63) is 70.5 Å². The molecule has 0 atom stereocenters. The second kappa shape index (κ2) is 12.0. The van der Waals surface area contributed by atoms with Crippen LogP contribution in [0.5, 0.6) is 0 Å². The molecule has 168 valence electrons. The van der Waals surface area contributed by atoms with Crippen molar-refractivity contribution in [2.45, 2.75) is 32.9 Å². The van der Waals surface area contributed by atoms with E-state index in [0.29, 0.717) is 19.5 Å². The first-order valence-corrected chi connectivity index (χ1v) is 11.5. The Bertz CT molecular complexity index is 1040. The third kappa shape index (κ3) is 6.29. The summed E-state index contributed by atoms with van der Waals surface area (Å²) in [4.78, 5) is 23.2. The number of carbonyl (C=O) groups is 1. The summed E-state index contributed by atoms with van der Waals surface area (Å²) in [5.41, 5.74) is 4.21. The number of thiazole rings is 1. The number of aromatic nitrogens is 1. The number of halogens is 1. The highest BCUT2D eigenvalue weighted by molar-refractivity contribution is 14.0. The van der Waals surface area contributed by atoms with Crippen LogP contribution in [0.1, 0.15) is 30.3 Å². The first kappa shape index (κ1) is 24.2. The van der Waals surface area contributed by atoms with Crippen molar-refractivity contribution in [2.75, 3.05) is 18.0 Å². The number of nitrogens with zero attached hydrogens (tertiary/aromatic N) is 3. The van der Waals surface area contributed by atoms with Gasteiger partial charge in [-0.15, -0.1) is 35.3 Å². The van der Waals surface area contributed by atoms with Crippen molar-refractivity contribution in [3.8, 4) is 11.3 Å². The van der Waals surface area contributed by atoms with Crippen molar-refractivity contribution in [1.82, 2.24) is 15.6 Å². The normalized spacial score (nSPS) is 13.7. The Labute approximate surface area is 210 Å². The van der Waals surface area contributed by atoms with Crippen molar-refractivity contribution in [3.63, 3.8) is 0 Å². The van der Waals surface area contributed by atoms with E-state index in [9.17, 15) is 4.79 Å². The molecule has 1 fully saturated rings. The van der Waals surface area contributed by atoms with E-state index in [0.717, 1.165) is 53.0 Å². The molecule has 1 saturated heterocycles. The molecule has 4 rings (SSSR count). The van der Waals surface area contributed by atoms with Gasteiger partial charge in [0.05, 0.1) is 18.8 Å². The van der Waals surface area contributed by atoms with Crippen LogP contribution in [0.25, 0.3) is 11.3 Å². The minimum absolute atomic E-state index is 0. The van der Waals surface area contributed by atoms with Gasteiger partial charge in [0, 0.05) is 36.1 Å². The summed E-state index contributed by atoms with van der Waals surface area (Å²) in [6, 6.07) is 18.3. The van der Waals surface area contributed by atoms with E-state index >= 15 is 0 Å². The topological polar surface area (TPSA) is 69.6 Å². The van der Waals surface area contributed by atoms with E-state index in [-0.39, 0.29) is 29.9 Å².